The Morgan fingerprint density at radius 2 is 2.00 bits per heavy atom. The summed E-state index contributed by atoms with van der Waals surface area (Å²) in [5, 5.41) is 0. The Hall–Kier alpha value is -0.950. The van der Waals surface area contributed by atoms with E-state index in [1.807, 2.05) is 0 Å². The van der Waals surface area contributed by atoms with Crippen LogP contribution in [0.3, 0.4) is 0 Å². The normalized spacial score (nSPS) is 12.2. The first kappa shape index (κ1) is 16.1. The molecule has 0 saturated heterocycles. The van der Waals surface area contributed by atoms with Gasteiger partial charge in [0.1, 0.15) is 0 Å². The van der Waals surface area contributed by atoms with E-state index < -0.39 is 18.8 Å². The zero-order chi connectivity index (χ0) is 14.5. The molecule has 1 heterocycles. The van der Waals surface area contributed by atoms with Crippen LogP contribution in [-0.2, 0) is 20.2 Å². The number of nitrogens with zero attached hydrogens (tertiary/aromatic N) is 1. The molecule has 0 amide bonds. The van der Waals surface area contributed by atoms with Gasteiger partial charge in [0.05, 0.1) is 10.6 Å². The number of nitrogens with one attached hydrogen (secondary N) is 1. The monoisotopic (exact) mass is 352 g/mol. The molecule has 19 heavy (non-hydrogen) atoms. The average Bonchev–Trinajstić information content (AvgIpc) is 2.40. The van der Waals surface area contributed by atoms with Crippen molar-refractivity contribution in [1.29, 1.82) is 0 Å². The van der Waals surface area contributed by atoms with Crippen LogP contribution in [0.1, 0.15) is 0 Å². The van der Waals surface area contributed by atoms with Crippen LogP contribution in [-0.4, -0.2) is 29.9 Å². The molecule has 0 bridgehead atoms. The zero-order valence-corrected chi connectivity index (χ0v) is 12.9. The SMILES string of the molecule is COP(=O)(C/C=C\Cn1cc(Br)c(=O)[nH]c1=O)OC. The van der Waals surface area contributed by atoms with E-state index in [1.165, 1.54) is 25.0 Å². The Balaban J connectivity index is 2.73. The second-order valence-electron chi connectivity index (χ2n) is 3.52. The van der Waals surface area contributed by atoms with E-state index in [9.17, 15) is 14.2 Å². The highest BCUT2D eigenvalue weighted by molar-refractivity contribution is 9.10. The zero-order valence-electron chi connectivity index (χ0n) is 10.5. The van der Waals surface area contributed by atoms with Gasteiger partial charge in [0.25, 0.3) is 5.56 Å². The number of halogens is 1. The molecule has 0 aromatic carbocycles. The molecular formula is C10H14BrN2O5P. The van der Waals surface area contributed by atoms with Crippen molar-refractivity contribution in [2.75, 3.05) is 20.4 Å². The van der Waals surface area contributed by atoms with Gasteiger partial charge in [-0.05, 0) is 15.9 Å². The van der Waals surface area contributed by atoms with Gasteiger partial charge in [-0.1, -0.05) is 12.2 Å². The summed E-state index contributed by atoms with van der Waals surface area (Å²) in [5.74, 6) is 0. The van der Waals surface area contributed by atoms with E-state index in [1.54, 1.807) is 12.2 Å². The fraction of sp³-hybridized carbons (Fsp3) is 0.400. The smallest absolute Gasteiger partial charge is 0.312 e. The van der Waals surface area contributed by atoms with E-state index in [4.69, 9.17) is 9.05 Å². The maximum absolute atomic E-state index is 11.7. The number of allylic oxidation sites excluding steroid dienone is 2. The van der Waals surface area contributed by atoms with Gasteiger partial charge in [0, 0.05) is 27.0 Å². The molecule has 0 fully saturated rings. The predicted molar refractivity (Wildman–Crippen MR) is 74.7 cm³/mol. The highest BCUT2D eigenvalue weighted by atomic mass is 79.9. The maximum Gasteiger partial charge on any atom is 0.333 e. The molecule has 7 nitrogen and oxygen atoms in total. The van der Waals surface area contributed by atoms with Gasteiger partial charge in [-0.25, -0.2) is 4.79 Å². The molecule has 106 valence electrons. The highest BCUT2D eigenvalue weighted by Gasteiger charge is 2.17. The van der Waals surface area contributed by atoms with Crippen LogP contribution in [0.2, 0.25) is 0 Å². The summed E-state index contributed by atoms with van der Waals surface area (Å²) in [4.78, 5) is 24.7. The van der Waals surface area contributed by atoms with Crippen molar-refractivity contribution in [2.45, 2.75) is 6.54 Å². The van der Waals surface area contributed by atoms with Crippen molar-refractivity contribution in [3.8, 4) is 0 Å². The molecular weight excluding hydrogens is 339 g/mol. The van der Waals surface area contributed by atoms with Gasteiger partial charge in [0.2, 0.25) is 0 Å². The summed E-state index contributed by atoms with van der Waals surface area (Å²) in [7, 11) is -0.458. The predicted octanol–water partition coefficient (Wildman–Crippen LogP) is 1.34. The minimum absolute atomic E-state index is 0.110. The Morgan fingerprint density at radius 3 is 2.58 bits per heavy atom. The van der Waals surface area contributed by atoms with E-state index in [-0.39, 0.29) is 17.2 Å². The number of H-pyrrole nitrogens is 1. The molecule has 0 radical (unpaired) electrons. The first-order valence-electron chi connectivity index (χ1n) is 5.26. The lowest BCUT2D eigenvalue weighted by atomic mass is 10.5. The maximum atomic E-state index is 11.7. The fourth-order valence-corrected chi connectivity index (χ4v) is 2.43. The Bertz CT molecular complexity index is 613. The largest absolute Gasteiger partial charge is 0.333 e. The van der Waals surface area contributed by atoms with E-state index in [0.717, 1.165) is 0 Å². The van der Waals surface area contributed by atoms with Crippen LogP contribution in [0.15, 0.2) is 32.4 Å². The fourth-order valence-electron chi connectivity index (χ4n) is 1.23. The van der Waals surface area contributed by atoms with E-state index in [0.29, 0.717) is 0 Å². The molecule has 0 aliphatic rings. The summed E-state index contributed by atoms with van der Waals surface area (Å²) in [6, 6.07) is 0. The second-order valence-corrected chi connectivity index (χ2v) is 6.69. The van der Waals surface area contributed by atoms with Crippen molar-refractivity contribution < 1.29 is 13.6 Å². The van der Waals surface area contributed by atoms with Crippen molar-refractivity contribution >= 4 is 23.5 Å². The number of rotatable bonds is 6. The van der Waals surface area contributed by atoms with Crippen molar-refractivity contribution in [3.05, 3.63) is 43.7 Å². The molecule has 0 spiro atoms. The van der Waals surface area contributed by atoms with Crippen LogP contribution in [0.25, 0.3) is 0 Å². The minimum Gasteiger partial charge on any atom is -0.312 e. The lowest BCUT2D eigenvalue weighted by Crippen LogP contribution is -2.29. The number of aromatic nitrogens is 2. The molecule has 0 aliphatic heterocycles. The minimum atomic E-state index is -3.07. The van der Waals surface area contributed by atoms with Crippen LogP contribution < -0.4 is 11.2 Å². The van der Waals surface area contributed by atoms with Crippen LogP contribution in [0, 0.1) is 0 Å². The van der Waals surface area contributed by atoms with E-state index >= 15 is 0 Å². The first-order valence-corrected chi connectivity index (χ1v) is 7.79. The standard InChI is InChI=1S/C10H14BrN2O5P/c1-17-19(16,18-2)6-4-3-5-13-7-8(11)9(14)12-10(13)15/h3-4,7H,5-6H2,1-2H3,(H,12,14,15)/b4-3-. The van der Waals surface area contributed by atoms with Crippen LogP contribution >= 0.6 is 23.5 Å². The Labute approximate surface area is 117 Å². The molecule has 1 aromatic heterocycles. The third kappa shape index (κ3) is 4.58. The molecule has 1 aromatic rings. The molecule has 0 unspecified atom stereocenters. The third-order valence-electron chi connectivity index (χ3n) is 2.32. The molecule has 0 aliphatic carbocycles. The molecule has 9 heteroatoms. The summed E-state index contributed by atoms with van der Waals surface area (Å²) in [5.41, 5.74) is -0.993. The number of hydrogen-bond acceptors (Lipinski definition) is 5. The third-order valence-corrected chi connectivity index (χ3v) is 4.66. The first-order chi connectivity index (χ1) is 8.91. The summed E-state index contributed by atoms with van der Waals surface area (Å²) < 4.78 is 22.8. The Morgan fingerprint density at radius 1 is 1.37 bits per heavy atom. The van der Waals surface area contributed by atoms with Gasteiger partial charge in [-0.15, -0.1) is 0 Å². The highest BCUT2D eigenvalue weighted by Crippen LogP contribution is 2.46. The van der Waals surface area contributed by atoms with Crippen molar-refractivity contribution in [1.82, 2.24) is 9.55 Å². The number of hydrogen-bond donors (Lipinski definition) is 1. The Kier molecular flexibility index (Phi) is 5.93. The average molecular weight is 353 g/mol. The van der Waals surface area contributed by atoms with Gasteiger partial charge >= 0.3 is 13.3 Å². The lowest BCUT2D eigenvalue weighted by Gasteiger charge is -2.10. The molecule has 1 N–H and O–H groups in total. The van der Waals surface area contributed by atoms with E-state index in [2.05, 4.69) is 20.9 Å². The molecule has 0 saturated carbocycles. The van der Waals surface area contributed by atoms with Gasteiger partial charge in [0.15, 0.2) is 0 Å². The number of aromatic amines is 1. The molecule has 1 rings (SSSR count). The molecule has 0 atom stereocenters. The second kappa shape index (κ2) is 7.00. The van der Waals surface area contributed by atoms with Crippen LogP contribution in [0.5, 0.6) is 0 Å². The van der Waals surface area contributed by atoms with Crippen LogP contribution in [0.4, 0.5) is 0 Å². The summed E-state index contributed by atoms with van der Waals surface area (Å²) >= 11 is 3.03. The topological polar surface area (TPSA) is 90.4 Å². The van der Waals surface area contributed by atoms with Gasteiger partial charge in [-0.3, -0.25) is 18.9 Å². The van der Waals surface area contributed by atoms with Crippen molar-refractivity contribution in [3.63, 3.8) is 0 Å². The lowest BCUT2D eigenvalue weighted by molar-refractivity contribution is 0.279. The summed E-state index contributed by atoms with van der Waals surface area (Å²) in [6.45, 7) is 0.238. The van der Waals surface area contributed by atoms with Crippen molar-refractivity contribution in [2.24, 2.45) is 0 Å². The van der Waals surface area contributed by atoms with Gasteiger partial charge in [-0.2, -0.15) is 0 Å². The van der Waals surface area contributed by atoms with Gasteiger partial charge < -0.3 is 9.05 Å². The summed E-state index contributed by atoms with van der Waals surface area (Å²) in [6.07, 6.45) is 4.73. The quantitative estimate of drug-likeness (QED) is 0.616.